The summed E-state index contributed by atoms with van der Waals surface area (Å²) in [5.41, 5.74) is 0.624. The molecule has 0 nitrogen and oxygen atoms in total. The standard InChI is InChI=1S/C18H25BrF2/c1-2-3-4-14-7-9-18(13-19,10-8-14)12-15-11-16(20)5-6-17(15)21/h5-6,11,14H,2-4,7-10,12-13H2,1H3. The number of benzene rings is 1. The van der Waals surface area contributed by atoms with E-state index in [1.807, 2.05) is 0 Å². The molecule has 0 amide bonds. The van der Waals surface area contributed by atoms with Crippen molar-refractivity contribution in [3.63, 3.8) is 0 Å². The number of hydrogen-bond acceptors (Lipinski definition) is 0. The molecule has 21 heavy (non-hydrogen) atoms. The number of rotatable bonds is 6. The maximum atomic E-state index is 13.9. The van der Waals surface area contributed by atoms with Crippen molar-refractivity contribution in [2.24, 2.45) is 11.3 Å². The summed E-state index contributed by atoms with van der Waals surface area (Å²) in [5.74, 6) is 0.215. The Labute approximate surface area is 135 Å². The number of hydrogen-bond donors (Lipinski definition) is 0. The second kappa shape index (κ2) is 7.71. The lowest BCUT2D eigenvalue weighted by atomic mass is 9.68. The van der Waals surface area contributed by atoms with E-state index < -0.39 is 0 Å². The predicted molar refractivity (Wildman–Crippen MR) is 87.8 cm³/mol. The van der Waals surface area contributed by atoms with Crippen LogP contribution in [0.3, 0.4) is 0 Å². The molecule has 0 atom stereocenters. The van der Waals surface area contributed by atoms with Gasteiger partial charge in [-0.3, -0.25) is 0 Å². The lowest BCUT2D eigenvalue weighted by Gasteiger charge is -2.39. The Balaban J connectivity index is 2.01. The molecule has 1 aromatic carbocycles. The first-order valence-electron chi connectivity index (χ1n) is 8.08. The fraction of sp³-hybridized carbons (Fsp3) is 0.667. The molecule has 0 spiro atoms. The van der Waals surface area contributed by atoms with Crippen LogP contribution < -0.4 is 0 Å². The SMILES string of the molecule is CCCCC1CCC(CBr)(Cc2cc(F)ccc2F)CC1. The summed E-state index contributed by atoms with van der Waals surface area (Å²) in [6.45, 7) is 2.23. The van der Waals surface area contributed by atoms with E-state index in [1.165, 1.54) is 50.3 Å². The molecule has 3 heteroatoms. The van der Waals surface area contributed by atoms with E-state index in [-0.39, 0.29) is 17.0 Å². The van der Waals surface area contributed by atoms with Crippen LogP contribution in [0.15, 0.2) is 18.2 Å². The summed E-state index contributed by atoms with van der Waals surface area (Å²) >= 11 is 3.63. The summed E-state index contributed by atoms with van der Waals surface area (Å²) in [4.78, 5) is 0. The van der Waals surface area contributed by atoms with Gasteiger partial charge in [0.2, 0.25) is 0 Å². The highest BCUT2D eigenvalue weighted by molar-refractivity contribution is 9.09. The molecule has 2 rings (SSSR count). The summed E-state index contributed by atoms with van der Waals surface area (Å²) < 4.78 is 27.2. The van der Waals surface area contributed by atoms with Crippen LogP contribution in [0.25, 0.3) is 0 Å². The second-order valence-electron chi connectivity index (χ2n) is 6.63. The first-order valence-corrected chi connectivity index (χ1v) is 9.20. The molecule has 1 fully saturated rings. The largest absolute Gasteiger partial charge is 0.207 e. The van der Waals surface area contributed by atoms with Crippen molar-refractivity contribution in [1.29, 1.82) is 0 Å². The van der Waals surface area contributed by atoms with Crippen molar-refractivity contribution in [3.05, 3.63) is 35.4 Å². The Morgan fingerprint density at radius 2 is 1.95 bits per heavy atom. The number of alkyl halides is 1. The molecule has 0 heterocycles. The third kappa shape index (κ3) is 4.51. The van der Waals surface area contributed by atoms with E-state index in [2.05, 4.69) is 22.9 Å². The van der Waals surface area contributed by atoms with Gasteiger partial charge in [-0.1, -0.05) is 42.1 Å². The minimum absolute atomic E-state index is 0.0946. The third-order valence-corrected chi connectivity index (χ3v) is 6.18. The van der Waals surface area contributed by atoms with Gasteiger partial charge in [0.1, 0.15) is 11.6 Å². The van der Waals surface area contributed by atoms with E-state index in [9.17, 15) is 8.78 Å². The quantitative estimate of drug-likeness (QED) is 0.525. The van der Waals surface area contributed by atoms with Crippen LogP contribution in [-0.4, -0.2) is 5.33 Å². The van der Waals surface area contributed by atoms with Crippen molar-refractivity contribution in [1.82, 2.24) is 0 Å². The first-order chi connectivity index (χ1) is 10.1. The molecule has 0 radical (unpaired) electrons. The van der Waals surface area contributed by atoms with Crippen LogP contribution in [-0.2, 0) is 6.42 Å². The van der Waals surface area contributed by atoms with Crippen LogP contribution >= 0.6 is 15.9 Å². The van der Waals surface area contributed by atoms with Gasteiger partial charge < -0.3 is 0 Å². The van der Waals surface area contributed by atoms with Crippen molar-refractivity contribution in [2.45, 2.75) is 58.3 Å². The predicted octanol–water partition coefficient (Wildman–Crippen LogP) is 6.27. The average Bonchev–Trinajstić information content (AvgIpc) is 2.50. The molecule has 1 aliphatic rings. The molecule has 0 saturated heterocycles. The van der Waals surface area contributed by atoms with Crippen LogP contribution in [0, 0.1) is 23.0 Å². The monoisotopic (exact) mass is 358 g/mol. The first kappa shape index (κ1) is 16.9. The zero-order valence-electron chi connectivity index (χ0n) is 12.8. The zero-order valence-corrected chi connectivity index (χ0v) is 14.4. The minimum Gasteiger partial charge on any atom is -0.207 e. The van der Waals surface area contributed by atoms with Crippen LogP contribution in [0.2, 0.25) is 0 Å². The van der Waals surface area contributed by atoms with E-state index in [0.29, 0.717) is 12.0 Å². The van der Waals surface area contributed by atoms with Crippen molar-refractivity contribution in [3.8, 4) is 0 Å². The van der Waals surface area contributed by atoms with Gasteiger partial charge in [-0.15, -0.1) is 0 Å². The Bertz CT molecular complexity index is 451. The summed E-state index contributed by atoms with van der Waals surface area (Å²) in [6, 6.07) is 3.81. The molecule has 0 N–H and O–H groups in total. The molecule has 0 bridgehead atoms. The molecule has 1 aromatic rings. The summed E-state index contributed by atoms with van der Waals surface area (Å²) in [5, 5.41) is 0.871. The topological polar surface area (TPSA) is 0 Å². The van der Waals surface area contributed by atoms with Crippen LogP contribution in [0.1, 0.15) is 57.4 Å². The molecule has 118 valence electrons. The Hall–Kier alpha value is -0.440. The maximum Gasteiger partial charge on any atom is 0.126 e. The molecule has 0 aliphatic heterocycles. The van der Waals surface area contributed by atoms with Gasteiger partial charge >= 0.3 is 0 Å². The molecule has 1 aliphatic carbocycles. The van der Waals surface area contributed by atoms with Gasteiger partial charge in [-0.2, -0.15) is 0 Å². The van der Waals surface area contributed by atoms with Crippen molar-refractivity contribution in [2.75, 3.05) is 5.33 Å². The van der Waals surface area contributed by atoms with Gasteiger partial charge in [-0.05, 0) is 67.2 Å². The fourth-order valence-corrected chi connectivity index (χ4v) is 4.27. The van der Waals surface area contributed by atoms with E-state index in [1.54, 1.807) is 0 Å². The van der Waals surface area contributed by atoms with Crippen molar-refractivity contribution >= 4 is 15.9 Å². The fourth-order valence-electron chi connectivity index (χ4n) is 3.51. The average molecular weight is 359 g/mol. The highest BCUT2D eigenvalue weighted by atomic mass is 79.9. The minimum atomic E-state index is -0.340. The van der Waals surface area contributed by atoms with Gasteiger partial charge in [0.05, 0.1) is 0 Å². The van der Waals surface area contributed by atoms with Crippen LogP contribution in [0.5, 0.6) is 0 Å². The zero-order chi connectivity index (χ0) is 15.3. The summed E-state index contributed by atoms with van der Waals surface area (Å²) in [7, 11) is 0. The Kier molecular flexibility index (Phi) is 6.21. The molecular formula is C18H25BrF2. The smallest absolute Gasteiger partial charge is 0.126 e. The normalized spacial score (nSPS) is 26.0. The molecule has 1 saturated carbocycles. The maximum absolute atomic E-state index is 13.9. The van der Waals surface area contributed by atoms with Gasteiger partial charge in [0, 0.05) is 5.33 Å². The van der Waals surface area contributed by atoms with Crippen molar-refractivity contribution < 1.29 is 8.78 Å². The second-order valence-corrected chi connectivity index (χ2v) is 7.19. The summed E-state index contributed by atoms with van der Waals surface area (Å²) in [6.07, 6.45) is 9.21. The highest BCUT2D eigenvalue weighted by Crippen LogP contribution is 2.44. The highest BCUT2D eigenvalue weighted by Gasteiger charge is 2.35. The number of unbranched alkanes of at least 4 members (excludes halogenated alkanes) is 1. The lowest BCUT2D eigenvalue weighted by molar-refractivity contribution is 0.167. The molecular weight excluding hydrogens is 334 g/mol. The van der Waals surface area contributed by atoms with E-state index >= 15 is 0 Å². The van der Waals surface area contributed by atoms with Crippen LogP contribution in [0.4, 0.5) is 8.78 Å². The van der Waals surface area contributed by atoms with Gasteiger partial charge in [0.15, 0.2) is 0 Å². The molecule has 0 unspecified atom stereocenters. The molecule has 0 aromatic heterocycles. The van der Waals surface area contributed by atoms with E-state index in [4.69, 9.17) is 0 Å². The van der Waals surface area contributed by atoms with E-state index in [0.717, 1.165) is 24.1 Å². The lowest BCUT2D eigenvalue weighted by Crippen LogP contribution is -2.31. The number of halogens is 3. The Morgan fingerprint density at radius 3 is 2.57 bits per heavy atom. The Morgan fingerprint density at radius 1 is 1.24 bits per heavy atom. The third-order valence-electron chi connectivity index (χ3n) is 4.99. The van der Waals surface area contributed by atoms with Gasteiger partial charge in [-0.25, -0.2) is 8.78 Å². The van der Waals surface area contributed by atoms with Gasteiger partial charge in [0.25, 0.3) is 0 Å².